The number of hydrogen-bond donors (Lipinski definition) is 0. The zero-order valence-corrected chi connectivity index (χ0v) is 16.4. The van der Waals surface area contributed by atoms with Crippen molar-refractivity contribution in [3.63, 3.8) is 0 Å². The molecular weight excluding hydrogens is 410 g/mol. The molecule has 1 amide bonds. The third-order valence-electron chi connectivity index (χ3n) is 4.07. The molecule has 3 rings (SSSR count). The molecule has 0 radical (unpaired) electrons. The first-order valence-electron chi connectivity index (χ1n) is 8.63. The number of nitrogens with zero attached hydrogens (tertiary/aromatic N) is 1. The van der Waals surface area contributed by atoms with Gasteiger partial charge >= 0.3 is 12.1 Å². The molecule has 29 heavy (non-hydrogen) atoms. The maximum Gasteiger partial charge on any atom is 0.415 e. The van der Waals surface area contributed by atoms with Gasteiger partial charge in [-0.15, -0.1) is 0 Å². The van der Waals surface area contributed by atoms with Crippen LogP contribution in [0.5, 0.6) is 11.5 Å². The van der Waals surface area contributed by atoms with Gasteiger partial charge in [-0.25, -0.2) is 18.0 Å². The van der Waals surface area contributed by atoms with Gasteiger partial charge in [0.25, 0.3) is 10.4 Å². The minimum atomic E-state index is -5.19. The van der Waals surface area contributed by atoms with Gasteiger partial charge in [0, 0.05) is 24.5 Å². The van der Waals surface area contributed by atoms with E-state index in [2.05, 4.69) is 4.18 Å². The van der Waals surface area contributed by atoms with Crippen LogP contribution in [0.1, 0.15) is 23.0 Å². The Morgan fingerprint density at radius 2 is 1.90 bits per heavy atom. The molecule has 1 saturated heterocycles. The van der Waals surface area contributed by atoms with E-state index in [0.717, 1.165) is 6.07 Å². The van der Waals surface area contributed by atoms with Crippen LogP contribution in [0.4, 0.5) is 4.79 Å². The highest BCUT2D eigenvalue weighted by Crippen LogP contribution is 2.37. The van der Waals surface area contributed by atoms with Crippen molar-refractivity contribution in [2.24, 2.45) is 0 Å². The van der Waals surface area contributed by atoms with E-state index in [-0.39, 0.29) is 47.7 Å². The highest BCUT2D eigenvalue weighted by Gasteiger charge is 2.25. The Bertz CT molecular complexity index is 1040. The molecule has 2 aromatic rings. The Kier molecular flexibility index (Phi) is 5.96. The molecule has 0 saturated carbocycles. The number of aryl methyl sites for hydroxylation is 1. The van der Waals surface area contributed by atoms with Gasteiger partial charge in [-0.1, -0.05) is 0 Å². The van der Waals surface area contributed by atoms with Crippen molar-refractivity contribution < 1.29 is 45.4 Å². The highest BCUT2D eigenvalue weighted by atomic mass is 32.3. The topological polar surface area (TPSA) is 145 Å². The van der Waals surface area contributed by atoms with E-state index in [9.17, 15) is 22.6 Å². The van der Waals surface area contributed by atoms with Crippen molar-refractivity contribution in [1.29, 1.82) is 0 Å². The number of fused-ring (bicyclic) bond motifs is 1. The van der Waals surface area contributed by atoms with E-state index in [4.69, 9.17) is 18.6 Å². The Labute approximate surface area is 166 Å². The summed E-state index contributed by atoms with van der Waals surface area (Å²) in [4.78, 5) is 25.9. The summed E-state index contributed by atoms with van der Waals surface area (Å²) < 4.78 is 58.7. The average molecular weight is 428 g/mol. The third-order valence-corrected chi connectivity index (χ3v) is 4.45. The summed E-state index contributed by atoms with van der Waals surface area (Å²) in [5.41, 5.74) is 0.159. The fourth-order valence-corrected chi connectivity index (χ4v) is 3.19. The van der Waals surface area contributed by atoms with Crippen LogP contribution in [0.3, 0.4) is 0 Å². The van der Waals surface area contributed by atoms with Crippen molar-refractivity contribution in [3.8, 4) is 11.5 Å². The lowest BCUT2D eigenvalue weighted by Gasteiger charge is -2.26. The van der Waals surface area contributed by atoms with Crippen molar-refractivity contribution >= 4 is 33.4 Å². The lowest BCUT2D eigenvalue weighted by molar-refractivity contribution is 0.0414. The van der Waals surface area contributed by atoms with Crippen LogP contribution in [0.2, 0.25) is 0 Å². The number of benzene rings is 1. The number of morpholine rings is 1. The zero-order chi connectivity index (χ0) is 21.2. The van der Waals surface area contributed by atoms with Crippen LogP contribution in [0.15, 0.2) is 16.5 Å². The van der Waals surface area contributed by atoms with Gasteiger partial charge in [0.1, 0.15) is 16.9 Å². The summed E-state index contributed by atoms with van der Waals surface area (Å²) in [7, 11) is -5.19. The summed E-state index contributed by atoms with van der Waals surface area (Å²) in [6.07, 6.45) is -0.783. The number of rotatable bonds is 5. The first-order valence-corrected chi connectivity index (χ1v) is 9.97. The van der Waals surface area contributed by atoms with Gasteiger partial charge in [0.15, 0.2) is 11.5 Å². The summed E-state index contributed by atoms with van der Waals surface area (Å²) in [6, 6.07) is 2.25. The highest BCUT2D eigenvalue weighted by molar-refractivity contribution is 7.81. The summed E-state index contributed by atoms with van der Waals surface area (Å²) >= 11 is 0. The number of amides is 1. The van der Waals surface area contributed by atoms with Gasteiger partial charge in [0.05, 0.1) is 19.8 Å². The Balaban J connectivity index is 2.04. The average Bonchev–Trinajstić information content (AvgIpc) is 2.96. The SMILES string of the molecule is CCOC(=O)c1c(C)oc2cc(OC(=O)N3CCOCC3)c(OS(=O)(=O)[O-])cc12. The molecule has 12 heteroatoms. The van der Waals surface area contributed by atoms with E-state index in [1.54, 1.807) is 6.92 Å². The zero-order valence-electron chi connectivity index (χ0n) is 15.6. The summed E-state index contributed by atoms with van der Waals surface area (Å²) in [5.74, 6) is -1.40. The second-order valence-corrected chi connectivity index (χ2v) is 6.99. The standard InChI is InChI=1S/C17H19NO10S/c1-3-25-16(19)15-10(2)26-12-9-13(14(8-11(12)15)28-29(21,22)23)27-17(20)18-4-6-24-7-5-18/h8-9H,3-7H2,1-2H3,(H,21,22,23)/p-1. The molecule has 1 aliphatic heterocycles. The molecule has 1 fully saturated rings. The van der Waals surface area contributed by atoms with Crippen LogP contribution in [-0.2, 0) is 19.9 Å². The van der Waals surface area contributed by atoms with Crippen molar-refractivity contribution in [1.82, 2.24) is 4.90 Å². The number of carbonyl (C=O) groups is 2. The molecule has 11 nitrogen and oxygen atoms in total. The lowest BCUT2D eigenvalue weighted by Crippen LogP contribution is -2.42. The van der Waals surface area contributed by atoms with E-state index in [1.807, 2.05) is 0 Å². The molecule has 1 aromatic carbocycles. The fourth-order valence-electron chi connectivity index (χ4n) is 2.84. The van der Waals surface area contributed by atoms with E-state index in [1.165, 1.54) is 17.9 Å². The Morgan fingerprint density at radius 1 is 1.21 bits per heavy atom. The maximum absolute atomic E-state index is 12.3. The number of hydrogen-bond acceptors (Lipinski definition) is 10. The predicted octanol–water partition coefficient (Wildman–Crippen LogP) is 1.59. The van der Waals surface area contributed by atoms with Gasteiger partial charge < -0.3 is 32.3 Å². The number of ether oxygens (including phenoxy) is 3. The van der Waals surface area contributed by atoms with Crippen LogP contribution < -0.4 is 8.92 Å². The molecule has 0 atom stereocenters. The van der Waals surface area contributed by atoms with Crippen molar-refractivity contribution in [2.45, 2.75) is 13.8 Å². The molecule has 158 valence electrons. The van der Waals surface area contributed by atoms with Crippen LogP contribution in [0.25, 0.3) is 11.0 Å². The minimum absolute atomic E-state index is 0.0426. The second kappa shape index (κ2) is 8.27. The first kappa shape index (κ1) is 20.9. The minimum Gasteiger partial charge on any atom is -0.716 e. The quantitative estimate of drug-likeness (QED) is 0.391. The third kappa shape index (κ3) is 4.78. The van der Waals surface area contributed by atoms with Crippen molar-refractivity contribution in [3.05, 3.63) is 23.5 Å². The molecule has 0 N–H and O–H groups in total. The van der Waals surface area contributed by atoms with Gasteiger partial charge in [-0.2, -0.15) is 0 Å². The first-order chi connectivity index (χ1) is 13.7. The van der Waals surface area contributed by atoms with Gasteiger partial charge in [-0.3, -0.25) is 0 Å². The summed E-state index contributed by atoms with van der Waals surface area (Å²) in [5, 5.41) is 0.144. The molecule has 0 aliphatic carbocycles. The molecular formula is C17H18NO10S-. The molecule has 1 aliphatic rings. The molecule has 0 spiro atoms. The van der Waals surface area contributed by atoms with Gasteiger partial charge in [-0.05, 0) is 19.9 Å². The smallest absolute Gasteiger partial charge is 0.415 e. The Morgan fingerprint density at radius 3 is 2.52 bits per heavy atom. The lowest BCUT2D eigenvalue weighted by atomic mass is 10.1. The maximum atomic E-state index is 12.3. The largest absolute Gasteiger partial charge is 0.716 e. The fraction of sp³-hybridized carbons (Fsp3) is 0.412. The van der Waals surface area contributed by atoms with Gasteiger partial charge in [0.2, 0.25) is 0 Å². The van der Waals surface area contributed by atoms with Crippen LogP contribution in [0, 0.1) is 6.92 Å². The number of esters is 1. The predicted molar refractivity (Wildman–Crippen MR) is 95.6 cm³/mol. The van der Waals surface area contributed by atoms with Crippen LogP contribution in [-0.4, -0.2) is 62.8 Å². The molecule has 0 unspecified atom stereocenters. The summed E-state index contributed by atoms with van der Waals surface area (Å²) in [6.45, 7) is 4.46. The van der Waals surface area contributed by atoms with Crippen LogP contribution >= 0.6 is 0 Å². The van der Waals surface area contributed by atoms with E-state index < -0.39 is 28.2 Å². The molecule has 0 bridgehead atoms. The Hall–Kier alpha value is -2.83. The van der Waals surface area contributed by atoms with E-state index >= 15 is 0 Å². The monoisotopic (exact) mass is 428 g/mol. The molecule has 2 heterocycles. The van der Waals surface area contributed by atoms with Crippen molar-refractivity contribution in [2.75, 3.05) is 32.9 Å². The normalized spacial score (nSPS) is 14.7. The molecule has 1 aromatic heterocycles. The number of carbonyl (C=O) groups excluding carboxylic acids is 2. The van der Waals surface area contributed by atoms with E-state index in [0.29, 0.717) is 13.2 Å². The second-order valence-electron chi connectivity index (χ2n) is 6.01. The number of furan rings is 1.